The smallest absolute Gasteiger partial charge is 0.246 e. The molecule has 1 N–H and O–H groups in total. The fourth-order valence-corrected chi connectivity index (χ4v) is 1.32. The predicted octanol–water partition coefficient (Wildman–Crippen LogP) is 2.36. The zero-order valence-electron chi connectivity index (χ0n) is 10.1. The van der Waals surface area contributed by atoms with Crippen LogP contribution < -0.4 is 5.32 Å². The molecule has 0 fully saturated rings. The first-order valence-corrected chi connectivity index (χ1v) is 5.50. The molecule has 1 heterocycles. The van der Waals surface area contributed by atoms with Crippen LogP contribution >= 0.6 is 0 Å². The summed E-state index contributed by atoms with van der Waals surface area (Å²) in [4.78, 5) is 15.7. The molecule has 1 aromatic heterocycles. The number of carbonyl (C=O) groups is 1. The lowest BCUT2D eigenvalue weighted by molar-refractivity contribution is -0.117. The Kier molecular flexibility index (Phi) is 4.70. The molecule has 0 saturated heterocycles. The highest BCUT2D eigenvalue weighted by molar-refractivity contribution is 5.92. The van der Waals surface area contributed by atoms with E-state index in [9.17, 15) is 4.79 Å². The normalized spacial score (nSPS) is 11.3. The molecule has 0 bridgehead atoms. The van der Waals surface area contributed by atoms with E-state index in [0.29, 0.717) is 6.54 Å². The number of nitrogens with zero attached hydrogens (tertiary/aromatic N) is 1. The molecular weight excluding hydrogens is 200 g/mol. The number of hydrogen-bond acceptors (Lipinski definition) is 2. The van der Waals surface area contributed by atoms with Crippen molar-refractivity contribution in [1.29, 1.82) is 0 Å². The highest BCUT2D eigenvalue weighted by Crippen LogP contribution is 2.00. The summed E-state index contributed by atoms with van der Waals surface area (Å²) in [6, 6.07) is 3.91. The molecule has 0 radical (unpaired) electrons. The van der Waals surface area contributed by atoms with E-state index >= 15 is 0 Å². The Balaban J connectivity index is 2.49. The van der Waals surface area contributed by atoms with Crippen LogP contribution in [0.25, 0.3) is 0 Å². The average Bonchev–Trinajstić information content (AvgIpc) is 2.28. The van der Waals surface area contributed by atoms with Crippen molar-refractivity contribution in [3.63, 3.8) is 0 Å². The molecule has 0 aliphatic heterocycles. The van der Waals surface area contributed by atoms with E-state index in [1.807, 2.05) is 39.0 Å². The van der Waals surface area contributed by atoms with Crippen LogP contribution in [0.2, 0.25) is 0 Å². The van der Waals surface area contributed by atoms with Crippen LogP contribution in [0.4, 0.5) is 0 Å². The second-order valence-electron chi connectivity index (χ2n) is 3.79. The molecule has 3 heteroatoms. The van der Waals surface area contributed by atoms with Crippen LogP contribution in [0.15, 0.2) is 30.0 Å². The molecule has 1 rings (SSSR count). The van der Waals surface area contributed by atoms with Gasteiger partial charge in [-0.15, -0.1) is 0 Å². The van der Waals surface area contributed by atoms with E-state index in [1.54, 1.807) is 6.20 Å². The van der Waals surface area contributed by atoms with Gasteiger partial charge in [-0.25, -0.2) is 0 Å². The fourth-order valence-electron chi connectivity index (χ4n) is 1.32. The van der Waals surface area contributed by atoms with Crippen molar-refractivity contribution in [2.24, 2.45) is 0 Å². The molecular formula is C13H18N2O. The largest absolute Gasteiger partial charge is 0.348 e. The predicted molar refractivity (Wildman–Crippen MR) is 64.9 cm³/mol. The molecule has 86 valence electrons. The Morgan fingerprint density at radius 2 is 2.25 bits per heavy atom. The van der Waals surface area contributed by atoms with Gasteiger partial charge < -0.3 is 5.32 Å². The molecule has 0 aliphatic rings. The Morgan fingerprint density at radius 1 is 1.50 bits per heavy atom. The highest BCUT2D eigenvalue weighted by atomic mass is 16.1. The van der Waals surface area contributed by atoms with Crippen LogP contribution in [0, 0.1) is 6.92 Å². The maximum atomic E-state index is 11.6. The van der Waals surface area contributed by atoms with Crippen LogP contribution in [0.5, 0.6) is 0 Å². The third-order valence-corrected chi connectivity index (χ3v) is 2.29. The lowest BCUT2D eigenvalue weighted by Gasteiger charge is -2.05. The summed E-state index contributed by atoms with van der Waals surface area (Å²) in [5.74, 6) is -0.0116. The molecule has 0 saturated carbocycles. The zero-order chi connectivity index (χ0) is 12.0. The number of rotatable bonds is 4. The number of amides is 1. The topological polar surface area (TPSA) is 42.0 Å². The maximum absolute atomic E-state index is 11.6. The summed E-state index contributed by atoms with van der Waals surface area (Å²) in [6.45, 7) is 6.31. The van der Waals surface area contributed by atoms with Gasteiger partial charge >= 0.3 is 0 Å². The van der Waals surface area contributed by atoms with Crippen LogP contribution in [-0.2, 0) is 11.3 Å². The molecule has 1 aromatic rings. The van der Waals surface area contributed by atoms with Crippen molar-refractivity contribution in [1.82, 2.24) is 10.3 Å². The lowest BCUT2D eigenvalue weighted by atomic mass is 10.2. The van der Waals surface area contributed by atoms with Gasteiger partial charge in [-0.05, 0) is 31.9 Å². The van der Waals surface area contributed by atoms with Gasteiger partial charge in [-0.3, -0.25) is 9.78 Å². The van der Waals surface area contributed by atoms with Gasteiger partial charge in [0, 0.05) is 24.0 Å². The van der Waals surface area contributed by atoms with Crippen molar-refractivity contribution in [2.75, 3.05) is 0 Å². The van der Waals surface area contributed by atoms with E-state index in [4.69, 9.17) is 0 Å². The Bertz CT molecular complexity index is 379. The molecule has 0 aliphatic carbocycles. The van der Waals surface area contributed by atoms with Crippen LogP contribution in [0.1, 0.15) is 31.5 Å². The number of aryl methyl sites for hydroxylation is 1. The van der Waals surface area contributed by atoms with E-state index in [1.165, 1.54) is 0 Å². The maximum Gasteiger partial charge on any atom is 0.246 e. The van der Waals surface area contributed by atoms with E-state index < -0.39 is 0 Å². The molecule has 0 aromatic carbocycles. The van der Waals surface area contributed by atoms with Crippen molar-refractivity contribution < 1.29 is 4.79 Å². The molecule has 0 spiro atoms. The van der Waals surface area contributed by atoms with E-state index in [2.05, 4.69) is 10.3 Å². The number of aromatic nitrogens is 1. The summed E-state index contributed by atoms with van der Waals surface area (Å²) in [5, 5.41) is 2.86. The monoisotopic (exact) mass is 218 g/mol. The lowest BCUT2D eigenvalue weighted by Crippen LogP contribution is -2.23. The Labute approximate surface area is 96.6 Å². The van der Waals surface area contributed by atoms with Gasteiger partial charge in [0.25, 0.3) is 0 Å². The minimum absolute atomic E-state index is 0.0116. The third-order valence-electron chi connectivity index (χ3n) is 2.29. The van der Waals surface area contributed by atoms with Crippen molar-refractivity contribution >= 4 is 5.91 Å². The summed E-state index contributed by atoms with van der Waals surface area (Å²) in [5.41, 5.74) is 2.77. The summed E-state index contributed by atoms with van der Waals surface area (Å²) in [6.07, 6.45) is 4.59. The minimum atomic E-state index is -0.0116. The average molecular weight is 218 g/mol. The number of hydrogen-bond donors (Lipinski definition) is 1. The fraction of sp³-hybridized carbons (Fsp3) is 0.385. The van der Waals surface area contributed by atoms with E-state index in [-0.39, 0.29) is 5.91 Å². The van der Waals surface area contributed by atoms with Gasteiger partial charge in [0.1, 0.15) is 0 Å². The van der Waals surface area contributed by atoms with Gasteiger partial charge in [-0.2, -0.15) is 0 Å². The second-order valence-corrected chi connectivity index (χ2v) is 3.79. The van der Waals surface area contributed by atoms with Crippen molar-refractivity contribution in [3.8, 4) is 0 Å². The summed E-state index contributed by atoms with van der Waals surface area (Å²) < 4.78 is 0. The number of nitrogens with one attached hydrogen (secondary N) is 1. The number of pyridine rings is 1. The number of carbonyl (C=O) groups excluding carboxylic acids is 1. The Hall–Kier alpha value is -1.64. The Morgan fingerprint density at radius 3 is 2.81 bits per heavy atom. The van der Waals surface area contributed by atoms with Gasteiger partial charge in [0.2, 0.25) is 5.91 Å². The first-order chi connectivity index (χ1) is 7.63. The third kappa shape index (κ3) is 3.85. The van der Waals surface area contributed by atoms with Gasteiger partial charge in [0.15, 0.2) is 0 Å². The van der Waals surface area contributed by atoms with E-state index in [0.717, 1.165) is 23.3 Å². The minimum Gasteiger partial charge on any atom is -0.348 e. The van der Waals surface area contributed by atoms with Crippen molar-refractivity contribution in [3.05, 3.63) is 41.2 Å². The standard InChI is InChI=1S/C13H18N2O/c1-4-5-10(2)13(16)15-9-12-7-6-11(3)14-8-12/h5-8H,4,9H2,1-3H3,(H,15,16). The first-order valence-electron chi connectivity index (χ1n) is 5.50. The summed E-state index contributed by atoms with van der Waals surface area (Å²) >= 11 is 0. The quantitative estimate of drug-likeness (QED) is 0.788. The summed E-state index contributed by atoms with van der Waals surface area (Å²) in [7, 11) is 0. The van der Waals surface area contributed by atoms with Gasteiger partial charge in [0.05, 0.1) is 0 Å². The second kappa shape index (κ2) is 6.05. The highest BCUT2D eigenvalue weighted by Gasteiger charge is 2.02. The molecule has 16 heavy (non-hydrogen) atoms. The van der Waals surface area contributed by atoms with Crippen LogP contribution in [-0.4, -0.2) is 10.9 Å². The zero-order valence-corrected chi connectivity index (χ0v) is 10.1. The SMILES string of the molecule is CCC=C(C)C(=O)NCc1ccc(C)nc1. The number of allylic oxidation sites excluding steroid dienone is 1. The molecule has 0 unspecified atom stereocenters. The van der Waals surface area contributed by atoms with Crippen molar-refractivity contribution in [2.45, 2.75) is 33.7 Å². The van der Waals surface area contributed by atoms with Gasteiger partial charge in [-0.1, -0.05) is 19.1 Å². The van der Waals surface area contributed by atoms with Crippen LogP contribution in [0.3, 0.4) is 0 Å². The molecule has 1 amide bonds. The first kappa shape index (κ1) is 12.4. The molecule has 0 atom stereocenters. The molecule has 3 nitrogen and oxygen atoms in total.